The molecule has 0 aromatic heterocycles. The van der Waals surface area contributed by atoms with E-state index in [4.69, 9.17) is 21.1 Å². The number of aliphatic hydroxyl groups excluding tert-OH is 4. The highest BCUT2D eigenvalue weighted by Gasteiger charge is 2.45. The lowest BCUT2D eigenvalue weighted by molar-refractivity contribution is -0.277. The molecule has 1 heterocycles. The second-order valence-corrected chi connectivity index (χ2v) is 7.34. The molecule has 166 valence electrons. The summed E-state index contributed by atoms with van der Waals surface area (Å²) in [6.07, 6.45) is -5.25. The Kier molecular flexibility index (Phi) is 7.16. The largest absolute Gasteiger partial charge is 0.508 e. The monoisotopic (exact) mass is 452 g/mol. The van der Waals surface area contributed by atoms with E-state index in [1.165, 1.54) is 6.08 Å². The van der Waals surface area contributed by atoms with Crippen molar-refractivity contribution in [2.45, 2.75) is 30.7 Å². The van der Waals surface area contributed by atoms with Gasteiger partial charge in [-0.25, -0.2) is 0 Å². The molecular formula is C21H21ClO9. The second-order valence-electron chi connectivity index (χ2n) is 6.90. The van der Waals surface area contributed by atoms with E-state index in [9.17, 15) is 35.4 Å². The van der Waals surface area contributed by atoms with Gasteiger partial charge in [-0.2, -0.15) is 0 Å². The summed E-state index contributed by atoms with van der Waals surface area (Å²) in [5.74, 6) is -2.06. The van der Waals surface area contributed by atoms with Crippen LogP contribution in [0.15, 0.2) is 42.5 Å². The van der Waals surface area contributed by atoms with Gasteiger partial charge in [-0.1, -0.05) is 29.8 Å². The van der Waals surface area contributed by atoms with Crippen molar-refractivity contribution in [1.29, 1.82) is 0 Å². The Hall–Kier alpha value is -2.66. The van der Waals surface area contributed by atoms with Gasteiger partial charge in [0.2, 0.25) is 6.29 Å². The van der Waals surface area contributed by atoms with E-state index in [1.54, 1.807) is 24.3 Å². The third-order valence-corrected chi connectivity index (χ3v) is 4.95. The number of rotatable bonds is 6. The van der Waals surface area contributed by atoms with E-state index >= 15 is 0 Å². The molecule has 2 aromatic rings. The van der Waals surface area contributed by atoms with E-state index in [1.807, 2.05) is 0 Å². The normalized spacial score (nSPS) is 26.2. The van der Waals surface area contributed by atoms with E-state index in [0.717, 1.165) is 18.2 Å². The van der Waals surface area contributed by atoms with Gasteiger partial charge in [0.05, 0.1) is 6.61 Å². The van der Waals surface area contributed by atoms with Crippen LogP contribution in [0.5, 0.6) is 17.2 Å². The van der Waals surface area contributed by atoms with Gasteiger partial charge >= 0.3 is 0 Å². The summed E-state index contributed by atoms with van der Waals surface area (Å²) in [7, 11) is 0. The van der Waals surface area contributed by atoms with Crippen LogP contribution in [0, 0.1) is 0 Å². The Morgan fingerprint density at radius 3 is 2.39 bits per heavy atom. The lowest BCUT2D eigenvalue weighted by Crippen LogP contribution is -2.60. The summed E-state index contributed by atoms with van der Waals surface area (Å²) >= 11 is 5.83. The Labute approximate surface area is 182 Å². The van der Waals surface area contributed by atoms with Gasteiger partial charge in [0, 0.05) is 17.2 Å². The molecule has 4 unspecified atom stereocenters. The van der Waals surface area contributed by atoms with E-state index in [0.29, 0.717) is 10.6 Å². The topological polar surface area (TPSA) is 157 Å². The number of allylic oxidation sites excluding steroid dienone is 1. The minimum atomic E-state index is -1.74. The van der Waals surface area contributed by atoms with Gasteiger partial charge in [-0.15, -0.1) is 0 Å². The van der Waals surface area contributed by atoms with Crippen molar-refractivity contribution in [1.82, 2.24) is 0 Å². The van der Waals surface area contributed by atoms with Gasteiger partial charge in [0.15, 0.2) is 5.78 Å². The molecule has 0 bridgehead atoms. The number of carbonyl (C=O) groups is 1. The molecule has 2 aromatic carbocycles. The smallest absolute Gasteiger partial charge is 0.229 e. The van der Waals surface area contributed by atoms with Crippen LogP contribution in [0.1, 0.15) is 15.9 Å². The molecule has 6 N–H and O–H groups in total. The number of hydrogen-bond donors (Lipinski definition) is 6. The van der Waals surface area contributed by atoms with Crippen LogP contribution in [0.25, 0.3) is 6.08 Å². The molecule has 5 atom stereocenters. The average Bonchev–Trinajstić information content (AvgIpc) is 2.73. The molecule has 1 aliphatic heterocycles. The number of phenols is 2. The first-order valence-corrected chi connectivity index (χ1v) is 9.60. The predicted molar refractivity (Wildman–Crippen MR) is 109 cm³/mol. The minimum absolute atomic E-state index is 0.333. The maximum absolute atomic E-state index is 12.7. The molecular weight excluding hydrogens is 432 g/mol. The molecule has 9 nitrogen and oxygen atoms in total. The zero-order chi connectivity index (χ0) is 22.7. The highest BCUT2D eigenvalue weighted by molar-refractivity contribution is 6.30. The summed E-state index contributed by atoms with van der Waals surface area (Å²) in [6, 6.07) is 8.57. The van der Waals surface area contributed by atoms with Crippen LogP contribution in [0.4, 0.5) is 0 Å². The summed E-state index contributed by atoms with van der Waals surface area (Å²) < 4.78 is 10.7. The number of ketones is 1. The van der Waals surface area contributed by atoms with Gasteiger partial charge in [-0.3, -0.25) is 4.79 Å². The Morgan fingerprint density at radius 1 is 1.06 bits per heavy atom. The first kappa shape index (κ1) is 23.0. The standard InChI is InChI=1S/C21H21ClO9/c22-11-4-1-10(2-5-11)3-6-13(25)17-14(26)7-12(24)8-15(17)30-21-20(29)19(28)18(27)16(9-23)31-21/h1-8,16,18-21,23-24,26-29H,9H2/t16?,18?,19?,20?,21-/m1/s1. The zero-order valence-electron chi connectivity index (χ0n) is 16.0. The highest BCUT2D eigenvalue weighted by atomic mass is 35.5. The van der Waals surface area contributed by atoms with Crippen molar-refractivity contribution in [2.24, 2.45) is 0 Å². The Balaban J connectivity index is 1.89. The molecule has 1 aliphatic rings. The van der Waals surface area contributed by atoms with Crippen molar-refractivity contribution in [3.63, 3.8) is 0 Å². The molecule has 0 spiro atoms. The fourth-order valence-corrected chi connectivity index (χ4v) is 3.17. The van der Waals surface area contributed by atoms with Crippen molar-refractivity contribution in [2.75, 3.05) is 6.61 Å². The average molecular weight is 453 g/mol. The SMILES string of the molecule is O=C(C=Cc1ccc(Cl)cc1)c1c(O)cc(O)cc1O[C@@H]1OC(CO)C(O)C(O)C1O. The van der Waals surface area contributed by atoms with Crippen molar-refractivity contribution < 1.29 is 44.9 Å². The molecule has 10 heteroatoms. The predicted octanol–water partition coefficient (Wildman–Crippen LogP) is 0.826. The van der Waals surface area contributed by atoms with Crippen molar-refractivity contribution >= 4 is 23.5 Å². The number of carbonyl (C=O) groups excluding carboxylic acids is 1. The molecule has 3 rings (SSSR count). The molecule has 0 saturated carbocycles. The maximum atomic E-state index is 12.7. The van der Waals surface area contributed by atoms with Crippen LogP contribution in [-0.2, 0) is 4.74 Å². The fraction of sp³-hybridized carbons (Fsp3) is 0.286. The summed E-state index contributed by atoms with van der Waals surface area (Å²) in [5, 5.41) is 59.8. The summed E-state index contributed by atoms with van der Waals surface area (Å²) in [6.45, 7) is -0.675. The number of benzene rings is 2. The van der Waals surface area contributed by atoms with Crippen LogP contribution >= 0.6 is 11.6 Å². The number of aliphatic hydroxyl groups is 4. The third kappa shape index (κ3) is 5.16. The zero-order valence-corrected chi connectivity index (χ0v) is 16.8. The first-order valence-electron chi connectivity index (χ1n) is 9.22. The second kappa shape index (κ2) is 9.65. The maximum Gasteiger partial charge on any atom is 0.229 e. The number of hydrogen-bond acceptors (Lipinski definition) is 9. The lowest BCUT2D eigenvalue weighted by atomic mass is 9.99. The van der Waals surface area contributed by atoms with Crippen LogP contribution < -0.4 is 4.74 Å². The molecule has 0 amide bonds. The summed E-state index contributed by atoms with van der Waals surface area (Å²) in [4.78, 5) is 12.7. The molecule has 31 heavy (non-hydrogen) atoms. The van der Waals surface area contributed by atoms with Crippen molar-refractivity contribution in [3.05, 3.63) is 58.6 Å². The van der Waals surface area contributed by atoms with E-state index < -0.39 is 54.6 Å². The minimum Gasteiger partial charge on any atom is -0.508 e. The summed E-state index contributed by atoms with van der Waals surface area (Å²) in [5.41, 5.74) is 0.326. The number of aromatic hydroxyl groups is 2. The van der Waals surface area contributed by atoms with Gasteiger partial charge in [-0.05, 0) is 23.8 Å². The van der Waals surface area contributed by atoms with E-state index in [2.05, 4.69) is 0 Å². The molecule has 1 saturated heterocycles. The number of ether oxygens (including phenoxy) is 2. The first-order chi connectivity index (χ1) is 14.7. The van der Waals surface area contributed by atoms with Crippen LogP contribution in [-0.4, -0.2) is 73.7 Å². The van der Waals surface area contributed by atoms with Crippen molar-refractivity contribution in [3.8, 4) is 17.2 Å². The van der Waals surface area contributed by atoms with Gasteiger partial charge in [0.25, 0.3) is 0 Å². The Morgan fingerprint density at radius 2 is 1.74 bits per heavy atom. The lowest BCUT2D eigenvalue weighted by Gasteiger charge is -2.39. The number of halogens is 1. The highest BCUT2D eigenvalue weighted by Crippen LogP contribution is 2.36. The molecule has 0 radical (unpaired) electrons. The van der Waals surface area contributed by atoms with Gasteiger partial charge in [0.1, 0.15) is 47.2 Å². The molecule has 0 aliphatic carbocycles. The quantitative estimate of drug-likeness (QED) is 0.276. The van der Waals surface area contributed by atoms with Crippen LogP contribution in [0.2, 0.25) is 5.02 Å². The van der Waals surface area contributed by atoms with E-state index in [-0.39, 0.29) is 11.3 Å². The third-order valence-electron chi connectivity index (χ3n) is 4.70. The van der Waals surface area contributed by atoms with Crippen LogP contribution in [0.3, 0.4) is 0 Å². The fourth-order valence-electron chi connectivity index (χ4n) is 3.05. The van der Waals surface area contributed by atoms with Gasteiger partial charge < -0.3 is 40.1 Å². The Bertz CT molecular complexity index is 958. The molecule has 1 fully saturated rings. The number of phenolic OH excluding ortho intramolecular Hbond substituents is 2.